The van der Waals surface area contributed by atoms with E-state index in [1.807, 2.05) is 4.90 Å². The third-order valence-corrected chi connectivity index (χ3v) is 7.59. The molecule has 1 amide bonds. The fourth-order valence-electron chi connectivity index (χ4n) is 4.46. The van der Waals surface area contributed by atoms with Crippen molar-refractivity contribution < 1.29 is 17.9 Å². The van der Waals surface area contributed by atoms with E-state index in [9.17, 15) is 13.2 Å². The molecule has 138 valence electrons. The highest BCUT2D eigenvalue weighted by atomic mass is 32.2. The number of sulfone groups is 1. The Bertz CT molecular complexity index is 537. The van der Waals surface area contributed by atoms with Crippen molar-refractivity contribution in [1.29, 1.82) is 0 Å². The van der Waals surface area contributed by atoms with E-state index in [1.54, 1.807) is 7.11 Å². The molecule has 0 spiro atoms. The van der Waals surface area contributed by atoms with Gasteiger partial charge in [0, 0.05) is 32.3 Å². The Morgan fingerprint density at radius 3 is 2.29 bits per heavy atom. The Labute approximate surface area is 145 Å². The lowest BCUT2D eigenvalue weighted by Gasteiger charge is -2.37. The van der Waals surface area contributed by atoms with Crippen LogP contribution < -0.4 is 0 Å². The van der Waals surface area contributed by atoms with E-state index >= 15 is 0 Å². The normalized spacial score (nSPS) is 29.1. The minimum Gasteiger partial charge on any atom is -0.381 e. The highest BCUT2D eigenvalue weighted by Crippen LogP contribution is 2.29. The molecule has 0 aromatic carbocycles. The number of nitrogens with zero attached hydrogens (tertiary/aromatic N) is 2. The SMILES string of the molecule is COC1CCN(CC(=O)N(C2CCCC2)[C@H]2CCS(=O)(=O)C2)CC1. The monoisotopic (exact) mass is 358 g/mol. The quantitative estimate of drug-likeness (QED) is 0.735. The molecule has 0 aromatic rings. The second-order valence-electron chi connectivity index (χ2n) is 7.51. The number of rotatable bonds is 5. The van der Waals surface area contributed by atoms with Crippen molar-refractivity contribution in [2.24, 2.45) is 0 Å². The molecule has 3 rings (SSSR count). The number of methoxy groups -OCH3 is 1. The number of hydrogen-bond donors (Lipinski definition) is 0. The maximum absolute atomic E-state index is 13.0. The van der Waals surface area contributed by atoms with Gasteiger partial charge in [-0.1, -0.05) is 12.8 Å². The summed E-state index contributed by atoms with van der Waals surface area (Å²) >= 11 is 0. The number of likely N-dealkylation sites (tertiary alicyclic amines) is 1. The molecule has 3 aliphatic rings. The largest absolute Gasteiger partial charge is 0.381 e. The summed E-state index contributed by atoms with van der Waals surface area (Å²) in [6, 6.07) is 0.134. The lowest BCUT2D eigenvalue weighted by Crippen LogP contribution is -2.51. The first-order valence-corrected chi connectivity index (χ1v) is 11.1. The van der Waals surface area contributed by atoms with Crippen LogP contribution in [0.25, 0.3) is 0 Å². The van der Waals surface area contributed by atoms with E-state index < -0.39 is 9.84 Å². The fourth-order valence-corrected chi connectivity index (χ4v) is 6.17. The van der Waals surface area contributed by atoms with Gasteiger partial charge in [-0.3, -0.25) is 9.69 Å². The average Bonchev–Trinajstić information content (AvgIpc) is 3.18. The lowest BCUT2D eigenvalue weighted by atomic mass is 10.1. The van der Waals surface area contributed by atoms with Gasteiger partial charge in [-0.15, -0.1) is 0 Å². The molecule has 1 aliphatic carbocycles. The summed E-state index contributed by atoms with van der Waals surface area (Å²) in [7, 11) is -1.23. The molecular formula is C17H30N2O4S. The predicted octanol–water partition coefficient (Wildman–Crippen LogP) is 1.06. The second-order valence-corrected chi connectivity index (χ2v) is 9.74. The van der Waals surface area contributed by atoms with Crippen LogP contribution >= 0.6 is 0 Å². The molecule has 1 saturated carbocycles. The summed E-state index contributed by atoms with van der Waals surface area (Å²) in [4.78, 5) is 17.2. The predicted molar refractivity (Wildman–Crippen MR) is 92.6 cm³/mol. The number of carbonyl (C=O) groups excluding carboxylic acids is 1. The van der Waals surface area contributed by atoms with Crippen molar-refractivity contribution in [3.63, 3.8) is 0 Å². The molecule has 3 fully saturated rings. The fraction of sp³-hybridized carbons (Fsp3) is 0.941. The minimum absolute atomic E-state index is 0.109. The first-order valence-electron chi connectivity index (χ1n) is 9.25. The maximum Gasteiger partial charge on any atom is 0.237 e. The van der Waals surface area contributed by atoms with Crippen molar-refractivity contribution in [1.82, 2.24) is 9.80 Å². The molecule has 1 atom stereocenters. The van der Waals surface area contributed by atoms with Crippen LogP contribution in [0.3, 0.4) is 0 Å². The molecule has 2 saturated heterocycles. The number of hydrogen-bond acceptors (Lipinski definition) is 5. The molecule has 2 aliphatic heterocycles. The van der Waals surface area contributed by atoms with Crippen molar-refractivity contribution in [2.75, 3.05) is 38.2 Å². The number of ether oxygens (including phenoxy) is 1. The topological polar surface area (TPSA) is 66.9 Å². The minimum atomic E-state index is -2.97. The first kappa shape index (κ1) is 18.1. The Balaban J connectivity index is 1.63. The lowest BCUT2D eigenvalue weighted by molar-refractivity contribution is -0.137. The molecular weight excluding hydrogens is 328 g/mol. The van der Waals surface area contributed by atoms with Crippen molar-refractivity contribution in [2.45, 2.75) is 63.1 Å². The number of carbonyl (C=O) groups is 1. The summed E-state index contributed by atoms with van der Waals surface area (Å²) < 4.78 is 29.1. The van der Waals surface area contributed by atoms with Gasteiger partial charge in [-0.2, -0.15) is 0 Å². The smallest absolute Gasteiger partial charge is 0.237 e. The number of amides is 1. The Morgan fingerprint density at radius 2 is 1.75 bits per heavy atom. The van der Waals surface area contributed by atoms with E-state index in [1.165, 1.54) is 0 Å². The first-order chi connectivity index (χ1) is 11.5. The summed E-state index contributed by atoms with van der Waals surface area (Å²) in [5.41, 5.74) is 0. The zero-order valence-corrected chi connectivity index (χ0v) is 15.5. The van der Waals surface area contributed by atoms with Crippen LogP contribution in [-0.4, -0.2) is 80.6 Å². The Morgan fingerprint density at radius 1 is 1.08 bits per heavy atom. The summed E-state index contributed by atoms with van der Waals surface area (Å²) in [5.74, 6) is 0.508. The van der Waals surface area contributed by atoms with Gasteiger partial charge >= 0.3 is 0 Å². The van der Waals surface area contributed by atoms with Gasteiger partial charge in [0.2, 0.25) is 5.91 Å². The molecule has 0 bridgehead atoms. The van der Waals surface area contributed by atoms with Gasteiger partial charge in [0.1, 0.15) is 0 Å². The zero-order valence-electron chi connectivity index (χ0n) is 14.7. The molecule has 0 radical (unpaired) electrons. The van der Waals surface area contributed by atoms with Gasteiger partial charge < -0.3 is 9.64 Å². The number of piperidine rings is 1. The van der Waals surface area contributed by atoms with Gasteiger partial charge in [-0.05, 0) is 32.1 Å². The highest BCUT2D eigenvalue weighted by molar-refractivity contribution is 7.91. The van der Waals surface area contributed by atoms with Gasteiger partial charge in [0.15, 0.2) is 9.84 Å². The van der Waals surface area contributed by atoms with Crippen molar-refractivity contribution in [3.8, 4) is 0 Å². The third kappa shape index (κ3) is 4.29. The third-order valence-electron chi connectivity index (χ3n) is 5.83. The van der Waals surface area contributed by atoms with E-state index in [0.29, 0.717) is 19.1 Å². The summed E-state index contributed by atoms with van der Waals surface area (Å²) in [5, 5.41) is 0. The van der Waals surface area contributed by atoms with Crippen LogP contribution in [0.5, 0.6) is 0 Å². The van der Waals surface area contributed by atoms with E-state index in [-0.39, 0.29) is 29.5 Å². The molecule has 0 aromatic heterocycles. The second kappa shape index (κ2) is 7.70. The summed E-state index contributed by atoms with van der Waals surface area (Å²) in [6.45, 7) is 2.18. The van der Waals surface area contributed by atoms with E-state index in [0.717, 1.165) is 51.6 Å². The van der Waals surface area contributed by atoms with Crippen molar-refractivity contribution in [3.05, 3.63) is 0 Å². The van der Waals surface area contributed by atoms with Crippen LogP contribution in [-0.2, 0) is 19.4 Å². The van der Waals surface area contributed by atoms with Crippen LogP contribution in [0.4, 0.5) is 0 Å². The molecule has 2 heterocycles. The molecule has 0 unspecified atom stereocenters. The molecule has 24 heavy (non-hydrogen) atoms. The zero-order chi connectivity index (χ0) is 17.2. The van der Waals surface area contributed by atoms with Crippen molar-refractivity contribution >= 4 is 15.7 Å². The Hall–Kier alpha value is -0.660. The van der Waals surface area contributed by atoms with Gasteiger partial charge in [0.05, 0.1) is 24.2 Å². The van der Waals surface area contributed by atoms with E-state index in [4.69, 9.17) is 4.74 Å². The maximum atomic E-state index is 13.0. The van der Waals surface area contributed by atoms with Crippen LogP contribution in [0.15, 0.2) is 0 Å². The average molecular weight is 359 g/mol. The molecule has 0 N–H and O–H groups in total. The standard InChI is InChI=1S/C17H30N2O4S/c1-23-16-6-9-18(10-7-16)12-17(20)19(14-4-2-3-5-14)15-8-11-24(21,22)13-15/h14-16H,2-13H2,1H3/t15-/m0/s1. The summed E-state index contributed by atoms with van der Waals surface area (Å²) in [6.07, 6.45) is 7.18. The molecule has 6 nitrogen and oxygen atoms in total. The van der Waals surface area contributed by atoms with Gasteiger partial charge in [0.25, 0.3) is 0 Å². The van der Waals surface area contributed by atoms with Gasteiger partial charge in [-0.25, -0.2) is 8.42 Å². The Kier molecular flexibility index (Phi) is 5.82. The van der Waals surface area contributed by atoms with Crippen LogP contribution in [0, 0.1) is 0 Å². The molecule has 7 heteroatoms. The van der Waals surface area contributed by atoms with Crippen LogP contribution in [0.2, 0.25) is 0 Å². The highest BCUT2D eigenvalue weighted by Gasteiger charge is 2.39. The van der Waals surface area contributed by atoms with E-state index in [2.05, 4.69) is 4.90 Å². The van der Waals surface area contributed by atoms with Crippen LogP contribution in [0.1, 0.15) is 44.9 Å².